The van der Waals surface area contributed by atoms with Crippen LogP contribution in [-0.4, -0.2) is 11.0 Å². The predicted octanol–water partition coefficient (Wildman–Crippen LogP) is 1.20. The molecule has 0 aliphatic heterocycles. The standard InChI is InChI=1S/C10H11NO2/c1-7-2-4-9(12)8(6-7)3-5-10(11)13/h2-6,12H,1H3,(H2,11,13). The average molecular weight is 177 g/mol. The summed E-state index contributed by atoms with van der Waals surface area (Å²) < 4.78 is 0. The quantitative estimate of drug-likeness (QED) is 0.666. The maximum Gasteiger partial charge on any atom is 0.241 e. The summed E-state index contributed by atoms with van der Waals surface area (Å²) in [6.07, 6.45) is 2.71. The number of carbonyl (C=O) groups excluding carboxylic acids is 1. The molecule has 0 heterocycles. The molecule has 13 heavy (non-hydrogen) atoms. The third-order valence-corrected chi connectivity index (χ3v) is 1.61. The van der Waals surface area contributed by atoms with Crippen molar-refractivity contribution in [3.05, 3.63) is 35.4 Å². The summed E-state index contributed by atoms with van der Waals surface area (Å²) in [5, 5.41) is 9.34. The van der Waals surface area contributed by atoms with Gasteiger partial charge in [0, 0.05) is 11.6 Å². The number of hydrogen-bond acceptors (Lipinski definition) is 2. The SMILES string of the molecule is Cc1ccc(O)c(C=CC(N)=O)c1. The number of amides is 1. The molecule has 1 aromatic carbocycles. The molecule has 68 valence electrons. The number of aryl methyl sites for hydroxylation is 1. The molecule has 1 amide bonds. The van der Waals surface area contributed by atoms with Crippen LogP contribution in [0.25, 0.3) is 6.08 Å². The summed E-state index contributed by atoms with van der Waals surface area (Å²) >= 11 is 0. The minimum atomic E-state index is -0.527. The molecule has 0 spiro atoms. The molecule has 0 saturated carbocycles. The van der Waals surface area contributed by atoms with Crippen LogP contribution in [0.15, 0.2) is 24.3 Å². The van der Waals surface area contributed by atoms with E-state index in [-0.39, 0.29) is 5.75 Å². The van der Waals surface area contributed by atoms with Crippen molar-refractivity contribution < 1.29 is 9.90 Å². The van der Waals surface area contributed by atoms with Crippen LogP contribution in [-0.2, 0) is 4.79 Å². The largest absolute Gasteiger partial charge is 0.507 e. The lowest BCUT2D eigenvalue weighted by atomic mass is 10.1. The van der Waals surface area contributed by atoms with E-state index in [2.05, 4.69) is 0 Å². The van der Waals surface area contributed by atoms with Crippen LogP contribution < -0.4 is 5.73 Å². The van der Waals surface area contributed by atoms with Gasteiger partial charge in [0.05, 0.1) is 0 Å². The normalized spacial score (nSPS) is 10.5. The first-order valence-corrected chi connectivity index (χ1v) is 3.87. The van der Waals surface area contributed by atoms with E-state index < -0.39 is 5.91 Å². The number of phenols is 1. The topological polar surface area (TPSA) is 63.3 Å². The highest BCUT2D eigenvalue weighted by molar-refractivity contribution is 5.90. The van der Waals surface area contributed by atoms with E-state index >= 15 is 0 Å². The summed E-state index contributed by atoms with van der Waals surface area (Å²) in [6.45, 7) is 1.90. The van der Waals surface area contributed by atoms with Gasteiger partial charge in [-0.25, -0.2) is 0 Å². The van der Waals surface area contributed by atoms with Crippen molar-refractivity contribution in [1.82, 2.24) is 0 Å². The number of phenolic OH excluding ortho intramolecular Hbond substituents is 1. The van der Waals surface area contributed by atoms with E-state index in [1.54, 1.807) is 18.2 Å². The molecule has 0 saturated heterocycles. The number of primary amides is 1. The molecule has 3 N–H and O–H groups in total. The zero-order valence-corrected chi connectivity index (χ0v) is 7.32. The fourth-order valence-corrected chi connectivity index (χ4v) is 0.979. The van der Waals surface area contributed by atoms with Crippen molar-refractivity contribution in [2.75, 3.05) is 0 Å². The molecule has 0 atom stereocenters. The van der Waals surface area contributed by atoms with Crippen molar-refractivity contribution in [1.29, 1.82) is 0 Å². The molecular weight excluding hydrogens is 166 g/mol. The first-order chi connectivity index (χ1) is 6.09. The molecule has 0 unspecified atom stereocenters. The molecule has 3 heteroatoms. The monoisotopic (exact) mass is 177 g/mol. The van der Waals surface area contributed by atoms with Crippen LogP contribution >= 0.6 is 0 Å². The van der Waals surface area contributed by atoms with Gasteiger partial charge in [0.15, 0.2) is 0 Å². The lowest BCUT2D eigenvalue weighted by Gasteiger charge is -1.99. The van der Waals surface area contributed by atoms with E-state index in [0.29, 0.717) is 5.56 Å². The molecule has 1 aromatic rings. The van der Waals surface area contributed by atoms with Gasteiger partial charge in [0.25, 0.3) is 0 Å². The van der Waals surface area contributed by atoms with Gasteiger partial charge < -0.3 is 10.8 Å². The third-order valence-electron chi connectivity index (χ3n) is 1.61. The Kier molecular flexibility index (Phi) is 2.69. The van der Waals surface area contributed by atoms with Gasteiger partial charge in [0.1, 0.15) is 5.75 Å². The Balaban J connectivity index is 3.00. The molecule has 0 radical (unpaired) electrons. The van der Waals surface area contributed by atoms with Crippen molar-refractivity contribution in [2.24, 2.45) is 5.73 Å². The molecule has 0 aromatic heterocycles. The molecule has 0 fully saturated rings. The van der Waals surface area contributed by atoms with Gasteiger partial charge in [0.2, 0.25) is 5.91 Å². The molecular formula is C10H11NO2. The number of aromatic hydroxyl groups is 1. The van der Waals surface area contributed by atoms with Gasteiger partial charge in [-0.3, -0.25) is 4.79 Å². The Morgan fingerprint density at radius 3 is 2.85 bits per heavy atom. The van der Waals surface area contributed by atoms with E-state index in [1.165, 1.54) is 12.2 Å². The number of carbonyl (C=O) groups is 1. The summed E-state index contributed by atoms with van der Waals surface area (Å²) in [5.41, 5.74) is 6.53. The first kappa shape index (κ1) is 9.32. The average Bonchev–Trinajstić information content (AvgIpc) is 2.06. The Hall–Kier alpha value is -1.77. The van der Waals surface area contributed by atoms with Crippen LogP contribution in [0.2, 0.25) is 0 Å². The van der Waals surface area contributed by atoms with Gasteiger partial charge in [-0.05, 0) is 25.1 Å². The summed E-state index contributed by atoms with van der Waals surface area (Å²) in [5.74, 6) is -0.385. The van der Waals surface area contributed by atoms with Gasteiger partial charge in [-0.1, -0.05) is 11.6 Å². The molecule has 0 aliphatic rings. The Labute approximate surface area is 76.5 Å². The maximum absolute atomic E-state index is 10.4. The Morgan fingerprint density at radius 1 is 1.54 bits per heavy atom. The minimum absolute atomic E-state index is 0.142. The summed E-state index contributed by atoms with van der Waals surface area (Å²) in [6, 6.07) is 5.14. The van der Waals surface area contributed by atoms with Crippen LogP contribution in [0.4, 0.5) is 0 Å². The van der Waals surface area contributed by atoms with Gasteiger partial charge in [-0.2, -0.15) is 0 Å². The number of benzene rings is 1. The predicted molar refractivity (Wildman–Crippen MR) is 51.1 cm³/mol. The van der Waals surface area contributed by atoms with E-state index in [4.69, 9.17) is 5.73 Å². The van der Waals surface area contributed by atoms with Crippen LogP contribution in [0, 0.1) is 6.92 Å². The smallest absolute Gasteiger partial charge is 0.241 e. The number of hydrogen-bond donors (Lipinski definition) is 2. The van der Waals surface area contributed by atoms with Crippen molar-refractivity contribution in [3.8, 4) is 5.75 Å². The second-order valence-corrected chi connectivity index (χ2v) is 2.80. The molecule has 1 rings (SSSR count). The van der Waals surface area contributed by atoms with E-state index in [9.17, 15) is 9.90 Å². The fourth-order valence-electron chi connectivity index (χ4n) is 0.979. The first-order valence-electron chi connectivity index (χ1n) is 3.87. The number of rotatable bonds is 2. The zero-order chi connectivity index (χ0) is 9.84. The summed E-state index contributed by atoms with van der Waals surface area (Å²) in [7, 11) is 0. The van der Waals surface area contributed by atoms with Gasteiger partial charge >= 0.3 is 0 Å². The van der Waals surface area contributed by atoms with Crippen LogP contribution in [0.3, 0.4) is 0 Å². The molecule has 0 aliphatic carbocycles. The second kappa shape index (κ2) is 3.76. The number of nitrogens with two attached hydrogens (primary N) is 1. The highest BCUT2D eigenvalue weighted by Crippen LogP contribution is 2.19. The van der Waals surface area contributed by atoms with Crippen LogP contribution in [0.5, 0.6) is 5.75 Å². The molecule has 3 nitrogen and oxygen atoms in total. The minimum Gasteiger partial charge on any atom is -0.507 e. The van der Waals surface area contributed by atoms with Gasteiger partial charge in [-0.15, -0.1) is 0 Å². The third kappa shape index (κ3) is 2.63. The van der Waals surface area contributed by atoms with Crippen molar-refractivity contribution >= 4 is 12.0 Å². The lowest BCUT2D eigenvalue weighted by molar-refractivity contribution is -0.113. The second-order valence-electron chi connectivity index (χ2n) is 2.80. The van der Waals surface area contributed by atoms with Crippen LogP contribution in [0.1, 0.15) is 11.1 Å². The maximum atomic E-state index is 10.4. The molecule has 0 bridgehead atoms. The van der Waals surface area contributed by atoms with Crippen molar-refractivity contribution in [2.45, 2.75) is 6.92 Å². The zero-order valence-electron chi connectivity index (χ0n) is 7.32. The lowest BCUT2D eigenvalue weighted by Crippen LogP contribution is -2.05. The fraction of sp³-hybridized carbons (Fsp3) is 0.100. The van der Waals surface area contributed by atoms with E-state index in [0.717, 1.165) is 5.56 Å². The Morgan fingerprint density at radius 2 is 2.23 bits per heavy atom. The highest BCUT2D eigenvalue weighted by Gasteiger charge is 1.96. The van der Waals surface area contributed by atoms with E-state index in [1.807, 2.05) is 6.92 Å². The highest BCUT2D eigenvalue weighted by atomic mass is 16.3. The Bertz CT molecular complexity index is 356. The van der Waals surface area contributed by atoms with Crippen molar-refractivity contribution in [3.63, 3.8) is 0 Å². The summed E-state index contributed by atoms with van der Waals surface area (Å²) in [4.78, 5) is 10.4.